The summed E-state index contributed by atoms with van der Waals surface area (Å²) in [7, 11) is 0. The zero-order valence-corrected chi connectivity index (χ0v) is 18.6. The summed E-state index contributed by atoms with van der Waals surface area (Å²) in [4.78, 5) is 24.9. The SMILES string of the molecule is CCCOc1c(Cl)cc(C(=O)OC(C)C(=O)NC(C)(C#N)C(C)C)cc1OCC. The van der Waals surface area contributed by atoms with Crippen LogP contribution in [0.25, 0.3) is 0 Å². The third-order valence-electron chi connectivity index (χ3n) is 4.42. The van der Waals surface area contributed by atoms with E-state index >= 15 is 0 Å². The first kappa shape index (κ1) is 24.6. The van der Waals surface area contributed by atoms with Crippen molar-refractivity contribution in [1.29, 1.82) is 5.26 Å². The predicted molar refractivity (Wildman–Crippen MR) is 110 cm³/mol. The molecule has 160 valence electrons. The van der Waals surface area contributed by atoms with E-state index in [1.807, 2.05) is 20.8 Å². The molecule has 2 unspecified atom stereocenters. The van der Waals surface area contributed by atoms with Crippen LogP contribution in [-0.4, -0.2) is 36.7 Å². The van der Waals surface area contributed by atoms with Crippen molar-refractivity contribution in [1.82, 2.24) is 5.32 Å². The van der Waals surface area contributed by atoms with Crippen LogP contribution in [0, 0.1) is 17.2 Å². The molecule has 0 saturated heterocycles. The quantitative estimate of drug-likeness (QED) is 0.567. The topological polar surface area (TPSA) is 97.6 Å². The number of nitriles is 1. The Hall–Kier alpha value is -2.46. The number of carbonyl (C=O) groups is 2. The molecule has 1 amide bonds. The summed E-state index contributed by atoms with van der Waals surface area (Å²) < 4.78 is 16.4. The summed E-state index contributed by atoms with van der Waals surface area (Å²) in [6.45, 7) is 11.3. The molecule has 0 bridgehead atoms. The minimum absolute atomic E-state index is 0.123. The van der Waals surface area contributed by atoms with Gasteiger partial charge in [0, 0.05) is 0 Å². The monoisotopic (exact) mass is 424 g/mol. The second-order valence-corrected chi connectivity index (χ2v) is 7.48. The summed E-state index contributed by atoms with van der Waals surface area (Å²) in [6, 6.07) is 4.97. The molecule has 1 rings (SSSR count). The lowest BCUT2D eigenvalue weighted by Crippen LogP contribution is -2.52. The molecule has 8 heteroatoms. The van der Waals surface area contributed by atoms with E-state index in [0.29, 0.717) is 24.7 Å². The minimum Gasteiger partial charge on any atom is -0.490 e. The van der Waals surface area contributed by atoms with Crippen LogP contribution in [0.4, 0.5) is 0 Å². The number of amides is 1. The Balaban J connectivity index is 2.98. The van der Waals surface area contributed by atoms with E-state index in [1.165, 1.54) is 19.1 Å². The van der Waals surface area contributed by atoms with Crippen molar-refractivity contribution < 1.29 is 23.8 Å². The first-order valence-corrected chi connectivity index (χ1v) is 10.0. The highest BCUT2D eigenvalue weighted by atomic mass is 35.5. The Bertz CT molecular complexity index is 775. The fourth-order valence-electron chi connectivity index (χ4n) is 2.23. The van der Waals surface area contributed by atoms with Crippen LogP contribution < -0.4 is 14.8 Å². The average Bonchev–Trinajstić information content (AvgIpc) is 2.66. The number of hydrogen-bond donors (Lipinski definition) is 1. The van der Waals surface area contributed by atoms with Crippen LogP contribution in [0.1, 0.15) is 58.3 Å². The summed E-state index contributed by atoms with van der Waals surface area (Å²) in [5, 5.41) is 12.2. The van der Waals surface area contributed by atoms with Crippen molar-refractivity contribution in [2.24, 2.45) is 5.92 Å². The second-order valence-electron chi connectivity index (χ2n) is 7.07. The van der Waals surface area contributed by atoms with Crippen LogP contribution in [0.2, 0.25) is 5.02 Å². The van der Waals surface area contributed by atoms with E-state index in [-0.39, 0.29) is 16.5 Å². The number of ether oxygens (including phenoxy) is 3. The van der Waals surface area contributed by atoms with E-state index in [0.717, 1.165) is 6.42 Å². The molecule has 0 aromatic heterocycles. The highest BCUT2D eigenvalue weighted by Gasteiger charge is 2.32. The number of carbonyl (C=O) groups excluding carboxylic acids is 2. The largest absolute Gasteiger partial charge is 0.490 e. The van der Waals surface area contributed by atoms with Crippen molar-refractivity contribution in [3.05, 3.63) is 22.7 Å². The highest BCUT2D eigenvalue weighted by Crippen LogP contribution is 2.37. The van der Waals surface area contributed by atoms with Gasteiger partial charge >= 0.3 is 5.97 Å². The Morgan fingerprint density at radius 1 is 1.24 bits per heavy atom. The molecule has 0 saturated carbocycles. The van der Waals surface area contributed by atoms with Crippen molar-refractivity contribution >= 4 is 23.5 Å². The molecular formula is C21H29ClN2O5. The number of halogens is 1. The summed E-state index contributed by atoms with van der Waals surface area (Å²) in [5.41, 5.74) is -0.935. The van der Waals surface area contributed by atoms with Gasteiger partial charge in [-0.25, -0.2) is 4.79 Å². The Kier molecular flexibility index (Phi) is 9.25. The molecule has 0 spiro atoms. The molecule has 0 fully saturated rings. The van der Waals surface area contributed by atoms with Gasteiger partial charge in [0.05, 0.1) is 29.9 Å². The molecule has 1 aromatic rings. The van der Waals surface area contributed by atoms with E-state index in [2.05, 4.69) is 11.4 Å². The van der Waals surface area contributed by atoms with Gasteiger partial charge < -0.3 is 19.5 Å². The third kappa shape index (κ3) is 6.53. The second kappa shape index (κ2) is 10.9. The van der Waals surface area contributed by atoms with Gasteiger partial charge in [-0.05, 0) is 45.2 Å². The van der Waals surface area contributed by atoms with Crippen LogP contribution in [-0.2, 0) is 9.53 Å². The van der Waals surface area contributed by atoms with Gasteiger partial charge in [-0.2, -0.15) is 5.26 Å². The number of nitrogens with one attached hydrogen (secondary N) is 1. The molecule has 2 atom stereocenters. The predicted octanol–water partition coefficient (Wildman–Crippen LogP) is 4.13. The maximum absolute atomic E-state index is 12.5. The lowest BCUT2D eigenvalue weighted by molar-refractivity contribution is -0.130. The highest BCUT2D eigenvalue weighted by molar-refractivity contribution is 6.32. The molecule has 1 aromatic carbocycles. The fourth-order valence-corrected chi connectivity index (χ4v) is 2.50. The lowest BCUT2D eigenvalue weighted by Gasteiger charge is -2.28. The van der Waals surface area contributed by atoms with E-state index in [9.17, 15) is 14.9 Å². The van der Waals surface area contributed by atoms with Gasteiger partial charge in [0.15, 0.2) is 17.6 Å². The van der Waals surface area contributed by atoms with Gasteiger partial charge in [0.1, 0.15) is 5.54 Å². The van der Waals surface area contributed by atoms with Crippen LogP contribution in [0.15, 0.2) is 12.1 Å². The third-order valence-corrected chi connectivity index (χ3v) is 4.70. The van der Waals surface area contributed by atoms with Crippen LogP contribution in [0.5, 0.6) is 11.5 Å². The van der Waals surface area contributed by atoms with E-state index in [1.54, 1.807) is 13.8 Å². The Morgan fingerprint density at radius 3 is 2.41 bits per heavy atom. The molecule has 0 aliphatic carbocycles. The number of nitrogens with zero attached hydrogens (tertiary/aromatic N) is 1. The maximum atomic E-state index is 12.5. The molecule has 29 heavy (non-hydrogen) atoms. The summed E-state index contributed by atoms with van der Waals surface area (Å²) in [6.07, 6.45) is -0.310. The lowest BCUT2D eigenvalue weighted by atomic mass is 9.90. The molecule has 0 heterocycles. The van der Waals surface area contributed by atoms with Crippen LogP contribution in [0.3, 0.4) is 0 Å². The van der Waals surface area contributed by atoms with Crippen molar-refractivity contribution in [3.8, 4) is 17.6 Å². The number of rotatable bonds is 10. The van der Waals surface area contributed by atoms with Gasteiger partial charge in [-0.15, -0.1) is 0 Å². The van der Waals surface area contributed by atoms with Gasteiger partial charge in [-0.1, -0.05) is 32.4 Å². The number of esters is 1. The average molecular weight is 425 g/mol. The number of hydrogen-bond acceptors (Lipinski definition) is 6. The molecule has 0 aliphatic rings. The van der Waals surface area contributed by atoms with E-state index < -0.39 is 23.5 Å². The smallest absolute Gasteiger partial charge is 0.339 e. The summed E-state index contributed by atoms with van der Waals surface area (Å²) in [5.74, 6) is -0.729. The Morgan fingerprint density at radius 2 is 1.90 bits per heavy atom. The minimum atomic E-state index is -1.10. The molecular weight excluding hydrogens is 396 g/mol. The van der Waals surface area contributed by atoms with Crippen molar-refractivity contribution in [3.63, 3.8) is 0 Å². The van der Waals surface area contributed by atoms with Gasteiger partial charge in [0.2, 0.25) is 0 Å². The molecule has 0 aliphatic heterocycles. The molecule has 1 N–H and O–H groups in total. The number of benzene rings is 1. The van der Waals surface area contributed by atoms with Gasteiger partial charge in [0.25, 0.3) is 5.91 Å². The standard InChI is InChI=1S/C21H29ClN2O5/c1-7-9-28-18-16(22)10-15(11-17(18)27-8-2)20(26)29-14(5)19(25)24-21(6,12-23)13(3)4/h10-11,13-14H,7-9H2,1-6H3,(H,24,25). The maximum Gasteiger partial charge on any atom is 0.339 e. The molecule has 7 nitrogen and oxygen atoms in total. The van der Waals surface area contributed by atoms with Crippen molar-refractivity contribution in [2.75, 3.05) is 13.2 Å². The first-order valence-electron chi connectivity index (χ1n) is 9.62. The zero-order valence-electron chi connectivity index (χ0n) is 17.8. The van der Waals surface area contributed by atoms with Gasteiger partial charge in [-0.3, -0.25) is 4.79 Å². The zero-order chi connectivity index (χ0) is 22.2. The Labute approximate surface area is 177 Å². The molecule has 0 radical (unpaired) electrons. The summed E-state index contributed by atoms with van der Waals surface area (Å²) >= 11 is 6.26. The normalized spacial score (nSPS) is 13.8. The van der Waals surface area contributed by atoms with Crippen molar-refractivity contribution in [2.45, 2.75) is 59.6 Å². The first-order chi connectivity index (χ1) is 13.6. The van der Waals surface area contributed by atoms with E-state index in [4.69, 9.17) is 25.8 Å². The van der Waals surface area contributed by atoms with Crippen LogP contribution >= 0.6 is 11.6 Å². The fraction of sp³-hybridized carbons (Fsp3) is 0.571.